The van der Waals surface area contributed by atoms with Gasteiger partial charge in [0, 0.05) is 13.1 Å². The van der Waals surface area contributed by atoms with Crippen molar-refractivity contribution in [2.24, 2.45) is 5.92 Å². The summed E-state index contributed by atoms with van der Waals surface area (Å²) in [5, 5.41) is 12.5. The highest BCUT2D eigenvalue weighted by Crippen LogP contribution is 2.36. The van der Waals surface area contributed by atoms with Crippen LogP contribution in [0.15, 0.2) is 5.16 Å². The predicted octanol–water partition coefficient (Wildman–Crippen LogP) is 1.36. The molecule has 1 aliphatic heterocycles. The highest BCUT2D eigenvalue weighted by Gasteiger charge is 2.28. The third-order valence-electron chi connectivity index (χ3n) is 3.82. The van der Waals surface area contributed by atoms with E-state index in [9.17, 15) is 4.79 Å². The summed E-state index contributed by atoms with van der Waals surface area (Å²) in [7, 11) is 0. The van der Waals surface area contributed by atoms with Crippen LogP contribution in [0.25, 0.3) is 0 Å². The smallest absolute Gasteiger partial charge is 0.233 e. The Bertz CT molecular complexity index is 451. The maximum absolute atomic E-state index is 12.1. The molecule has 0 atom stereocenters. The van der Waals surface area contributed by atoms with Gasteiger partial charge in [0.1, 0.15) is 0 Å². The Kier molecular flexibility index (Phi) is 3.72. The molecule has 2 heterocycles. The zero-order chi connectivity index (χ0) is 13.2. The summed E-state index contributed by atoms with van der Waals surface area (Å²) in [6.07, 6.45) is 4.54. The SMILES string of the molecule is CC1CCN(C(=O)CSc2nnnn2C2CC2)CC1. The van der Waals surface area contributed by atoms with Gasteiger partial charge in [-0.3, -0.25) is 4.79 Å². The van der Waals surface area contributed by atoms with Gasteiger partial charge in [-0.25, -0.2) is 4.68 Å². The summed E-state index contributed by atoms with van der Waals surface area (Å²) in [6.45, 7) is 4.04. The number of nitrogens with zero attached hydrogens (tertiary/aromatic N) is 5. The van der Waals surface area contributed by atoms with Crippen molar-refractivity contribution in [3.8, 4) is 0 Å². The van der Waals surface area contributed by atoms with E-state index in [0.29, 0.717) is 11.8 Å². The van der Waals surface area contributed by atoms with Gasteiger partial charge in [0.15, 0.2) is 0 Å². The molecular weight excluding hydrogens is 262 g/mol. The summed E-state index contributed by atoms with van der Waals surface area (Å²) in [5.41, 5.74) is 0. The van der Waals surface area contributed by atoms with Crippen molar-refractivity contribution in [3.63, 3.8) is 0 Å². The zero-order valence-corrected chi connectivity index (χ0v) is 12.0. The summed E-state index contributed by atoms with van der Waals surface area (Å²) in [5.74, 6) is 1.41. The minimum absolute atomic E-state index is 0.210. The number of thioether (sulfide) groups is 1. The largest absolute Gasteiger partial charge is 0.342 e. The number of rotatable bonds is 4. The van der Waals surface area contributed by atoms with Gasteiger partial charge in [-0.2, -0.15) is 0 Å². The topological polar surface area (TPSA) is 63.9 Å². The van der Waals surface area contributed by atoms with Crippen LogP contribution in [-0.2, 0) is 4.79 Å². The standard InChI is InChI=1S/C12H19N5OS/c1-9-4-6-16(7-5-9)11(18)8-19-12-13-14-15-17(12)10-2-3-10/h9-10H,2-8H2,1H3. The first-order chi connectivity index (χ1) is 9.24. The first-order valence-electron chi connectivity index (χ1n) is 6.92. The van der Waals surface area contributed by atoms with Crippen LogP contribution in [0, 0.1) is 5.92 Å². The minimum Gasteiger partial charge on any atom is -0.342 e. The van der Waals surface area contributed by atoms with Gasteiger partial charge < -0.3 is 4.90 Å². The Balaban J connectivity index is 1.51. The normalized spacial score (nSPS) is 20.8. The van der Waals surface area contributed by atoms with Crippen LogP contribution in [0.2, 0.25) is 0 Å². The lowest BCUT2D eigenvalue weighted by atomic mass is 9.99. The molecule has 19 heavy (non-hydrogen) atoms. The molecule has 1 aliphatic carbocycles. The van der Waals surface area contributed by atoms with Gasteiger partial charge in [-0.15, -0.1) is 5.10 Å². The van der Waals surface area contributed by atoms with Crippen molar-refractivity contribution in [1.82, 2.24) is 25.1 Å². The molecule has 1 amide bonds. The number of likely N-dealkylation sites (tertiary alicyclic amines) is 1. The van der Waals surface area contributed by atoms with Gasteiger partial charge in [0.05, 0.1) is 11.8 Å². The lowest BCUT2D eigenvalue weighted by molar-refractivity contribution is -0.129. The van der Waals surface area contributed by atoms with Crippen molar-refractivity contribution in [2.45, 2.75) is 43.8 Å². The van der Waals surface area contributed by atoms with Crippen molar-refractivity contribution >= 4 is 17.7 Å². The molecule has 1 saturated heterocycles. The maximum atomic E-state index is 12.1. The summed E-state index contributed by atoms with van der Waals surface area (Å²) in [4.78, 5) is 14.1. The molecule has 1 saturated carbocycles. The molecule has 2 fully saturated rings. The second kappa shape index (κ2) is 5.48. The minimum atomic E-state index is 0.210. The van der Waals surface area contributed by atoms with Gasteiger partial charge in [-0.05, 0) is 42.0 Å². The van der Waals surface area contributed by atoms with E-state index in [1.54, 1.807) is 0 Å². The fourth-order valence-electron chi connectivity index (χ4n) is 2.30. The monoisotopic (exact) mass is 281 g/mol. The highest BCUT2D eigenvalue weighted by molar-refractivity contribution is 7.99. The molecule has 2 aliphatic rings. The molecule has 0 bridgehead atoms. The van der Waals surface area contributed by atoms with Crippen LogP contribution >= 0.6 is 11.8 Å². The molecule has 0 aromatic carbocycles. The summed E-state index contributed by atoms with van der Waals surface area (Å²) < 4.78 is 1.86. The third-order valence-corrected chi connectivity index (χ3v) is 4.73. The summed E-state index contributed by atoms with van der Waals surface area (Å²) >= 11 is 1.46. The van der Waals surface area contributed by atoms with Crippen LogP contribution in [0.4, 0.5) is 0 Å². The van der Waals surface area contributed by atoms with Gasteiger partial charge in [0.2, 0.25) is 11.1 Å². The fraction of sp³-hybridized carbons (Fsp3) is 0.833. The third kappa shape index (κ3) is 3.08. The van der Waals surface area contributed by atoms with E-state index in [0.717, 1.165) is 49.8 Å². The quantitative estimate of drug-likeness (QED) is 0.780. The number of aromatic nitrogens is 4. The van der Waals surface area contributed by atoms with Crippen molar-refractivity contribution < 1.29 is 4.79 Å². The van der Waals surface area contributed by atoms with E-state index in [1.807, 2.05) is 9.58 Å². The maximum Gasteiger partial charge on any atom is 0.233 e. The molecule has 7 heteroatoms. The van der Waals surface area contributed by atoms with Gasteiger partial charge in [-0.1, -0.05) is 18.7 Å². The van der Waals surface area contributed by atoms with E-state index in [2.05, 4.69) is 22.4 Å². The van der Waals surface area contributed by atoms with E-state index in [1.165, 1.54) is 11.8 Å². The Morgan fingerprint density at radius 3 is 2.74 bits per heavy atom. The second-order valence-electron chi connectivity index (χ2n) is 5.49. The molecular formula is C12H19N5OS. The Morgan fingerprint density at radius 1 is 1.32 bits per heavy atom. The first kappa shape index (κ1) is 12.9. The van der Waals surface area contributed by atoms with Crippen LogP contribution in [0.3, 0.4) is 0 Å². The van der Waals surface area contributed by atoms with E-state index >= 15 is 0 Å². The van der Waals surface area contributed by atoms with E-state index in [4.69, 9.17) is 0 Å². The number of amides is 1. The fourth-order valence-corrected chi connectivity index (χ4v) is 3.15. The van der Waals surface area contributed by atoms with Crippen LogP contribution in [0.5, 0.6) is 0 Å². The molecule has 0 N–H and O–H groups in total. The molecule has 6 nitrogen and oxygen atoms in total. The Hall–Kier alpha value is -1.11. The average Bonchev–Trinajstić information content (AvgIpc) is 3.16. The van der Waals surface area contributed by atoms with Crippen LogP contribution in [-0.4, -0.2) is 49.9 Å². The molecule has 1 aromatic heterocycles. The Morgan fingerprint density at radius 2 is 2.05 bits per heavy atom. The number of hydrogen-bond donors (Lipinski definition) is 0. The molecule has 104 valence electrons. The number of tetrazole rings is 1. The van der Waals surface area contributed by atoms with Crippen molar-refractivity contribution in [3.05, 3.63) is 0 Å². The molecule has 3 rings (SSSR count). The van der Waals surface area contributed by atoms with Crippen LogP contribution in [0.1, 0.15) is 38.6 Å². The number of hydrogen-bond acceptors (Lipinski definition) is 5. The lowest BCUT2D eigenvalue weighted by Crippen LogP contribution is -2.38. The second-order valence-corrected chi connectivity index (χ2v) is 6.43. The number of carbonyl (C=O) groups excluding carboxylic acids is 1. The van der Waals surface area contributed by atoms with Crippen molar-refractivity contribution in [1.29, 1.82) is 0 Å². The molecule has 0 radical (unpaired) electrons. The molecule has 1 aromatic rings. The first-order valence-corrected chi connectivity index (χ1v) is 7.91. The molecule has 0 spiro atoms. The molecule has 0 unspecified atom stereocenters. The van der Waals surface area contributed by atoms with Crippen LogP contribution < -0.4 is 0 Å². The average molecular weight is 281 g/mol. The highest BCUT2D eigenvalue weighted by atomic mass is 32.2. The lowest BCUT2D eigenvalue weighted by Gasteiger charge is -2.30. The van der Waals surface area contributed by atoms with Gasteiger partial charge in [0.25, 0.3) is 0 Å². The van der Waals surface area contributed by atoms with Gasteiger partial charge >= 0.3 is 0 Å². The predicted molar refractivity (Wildman–Crippen MR) is 71.8 cm³/mol. The zero-order valence-electron chi connectivity index (χ0n) is 11.2. The number of piperidine rings is 1. The summed E-state index contributed by atoms with van der Waals surface area (Å²) in [6, 6.07) is 0.462. The Labute approximate surface area is 116 Å². The number of carbonyl (C=O) groups is 1. The van der Waals surface area contributed by atoms with E-state index in [-0.39, 0.29) is 5.91 Å². The van der Waals surface area contributed by atoms with Crippen molar-refractivity contribution in [2.75, 3.05) is 18.8 Å². The van der Waals surface area contributed by atoms with E-state index < -0.39 is 0 Å².